The van der Waals surface area contributed by atoms with Crippen LogP contribution in [0, 0.1) is 0 Å². The molecule has 0 fully saturated rings. The molecule has 1 aromatic heterocycles. The van der Waals surface area contributed by atoms with Gasteiger partial charge in [-0.1, -0.05) is 35.0 Å². The van der Waals surface area contributed by atoms with Crippen LogP contribution in [-0.4, -0.2) is 11.5 Å². The maximum absolute atomic E-state index is 4.31. The van der Waals surface area contributed by atoms with Gasteiger partial charge in [-0.15, -0.1) is 0 Å². The molecule has 106 valence electrons. The molecule has 2 rings (SSSR count). The first-order valence-corrected chi connectivity index (χ1v) is 7.70. The normalized spacial score (nSPS) is 11.9. The summed E-state index contributed by atoms with van der Waals surface area (Å²) in [4.78, 5) is 4.31. The summed E-state index contributed by atoms with van der Waals surface area (Å²) in [5, 5.41) is 6.80. The van der Waals surface area contributed by atoms with Crippen molar-refractivity contribution in [3.05, 3.63) is 52.6 Å². The van der Waals surface area contributed by atoms with Crippen molar-refractivity contribution in [1.82, 2.24) is 4.98 Å². The Morgan fingerprint density at radius 1 is 1.20 bits per heavy atom. The van der Waals surface area contributed by atoms with Crippen LogP contribution in [0.4, 0.5) is 11.5 Å². The maximum Gasteiger partial charge on any atom is 0.127 e. The second kappa shape index (κ2) is 7.29. The SMILES string of the molecule is CCCNc1cc(NC(C)c2ccc(Br)cc2)ccn1. The summed E-state index contributed by atoms with van der Waals surface area (Å²) in [7, 11) is 0. The highest BCUT2D eigenvalue weighted by Gasteiger charge is 2.05. The Kier molecular flexibility index (Phi) is 5.41. The van der Waals surface area contributed by atoms with Gasteiger partial charge >= 0.3 is 0 Å². The zero-order valence-corrected chi connectivity index (χ0v) is 13.4. The van der Waals surface area contributed by atoms with Gasteiger partial charge < -0.3 is 10.6 Å². The van der Waals surface area contributed by atoms with E-state index in [1.807, 2.05) is 18.3 Å². The van der Waals surface area contributed by atoms with Gasteiger partial charge in [0.25, 0.3) is 0 Å². The Balaban J connectivity index is 2.03. The molecule has 4 heteroatoms. The van der Waals surface area contributed by atoms with Crippen molar-refractivity contribution in [3.63, 3.8) is 0 Å². The van der Waals surface area contributed by atoms with Gasteiger partial charge in [-0.2, -0.15) is 0 Å². The number of benzene rings is 1. The van der Waals surface area contributed by atoms with Crippen molar-refractivity contribution < 1.29 is 0 Å². The molecule has 0 spiro atoms. The topological polar surface area (TPSA) is 37.0 Å². The van der Waals surface area contributed by atoms with Crippen LogP contribution in [0.5, 0.6) is 0 Å². The molecule has 0 amide bonds. The molecule has 0 saturated heterocycles. The van der Waals surface area contributed by atoms with Crippen molar-refractivity contribution >= 4 is 27.4 Å². The summed E-state index contributed by atoms with van der Waals surface area (Å²) < 4.78 is 1.10. The third-order valence-electron chi connectivity index (χ3n) is 3.07. The summed E-state index contributed by atoms with van der Waals surface area (Å²) >= 11 is 3.46. The van der Waals surface area contributed by atoms with Crippen molar-refractivity contribution in [3.8, 4) is 0 Å². The van der Waals surface area contributed by atoms with Crippen LogP contribution in [0.2, 0.25) is 0 Å². The van der Waals surface area contributed by atoms with Gasteiger partial charge in [0, 0.05) is 35.0 Å². The number of hydrogen-bond acceptors (Lipinski definition) is 3. The Bertz CT molecular complexity index is 540. The molecule has 0 radical (unpaired) electrons. The average molecular weight is 334 g/mol. The van der Waals surface area contributed by atoms with E-state index in [4.69, 9.17) is 0 Å². The smallest absolute Gasteiger partial charge is 0.127 e. The van der Waals surface area contributed by atoms with Crippen LogP contribution in [0.15, 0.2) is 47.1 Å². The number of aromatic nitrogens is 1. The molecule has 3 nitrogen and oxygen atoms in total. The molecule has 2 aromatic rings. The van der Waals surface area contributed by atoms with Crippen LogP contribution in [0.1, 0.15) is 31.9 Å². The number of nitrogens with zero attached hydrogens (tertiary/aromatic N) is 1. The van der Waals surface area contributed by atoms with E-state index in [0.717, 1.165) is 28.9 Å². The number of halogens is 1. The minimum atomic E-state index is 0.254. The van der Waals surface area contributed by atoms with Gasteiger partial charge in [0.15, 0.2) is 0 Å². The van der Waals surface area contributed by atoms with Crippen LogP contribution >= 0.6 is 15.9 Å². The average Bonchev–Trinajstić information content (AvgIpc) is 2.46. The minimum absolute atomic E-state index is 0.254. The lowest BCUT2D eigenvalue weighted by molar-refractivity contribution is 0.883. The zero-order valence-electron chi connectivity index (χ0n) is 11.9. The van der Waals surface area contributed by atoms with Crippen molar-refractivity contribution in [2.75, 3.05) is 17.2 Å². The van der Waals surface area contributed by atoms with Crippen LogP contribution < -0.4 is 10.6 Å². The number of pyridine rings is 1. The fourth-order valence-electron chi connectivity index (χ4n) is 1.95. The van der Waals surface area contributed by atoms with Gasteiger partial charge in [0.2, 0.25) is 0 Å². The van der Waals surface area contributed by atoms with E-state index in [-0.39, 0.29) is 6.04 Å². The number of nitrogens with one attached hydrogen (secondary N) is 2. The second-order valence-electron chi connectivity index (χ2n) is 4.77. The van der Waals surface area contributed by atoms with Gasteiger partial charge in [-0.3, -0.25) is 0 Å². The molecule has 1 unspecified atom stereocenters. The third kappa shape index (κ3) is 4.23. The molecule has 0 saturated carbocycles. The van der Waals surface area contributed by atoms with Crippen molar-refractivity contribution in [1.29, 1.82) is 0 Å². The van der Waals surface area contributed by atoms with Crippen molar-refractivity contribution in [2.45, 2.75) is 26.3 Å². The molecule has 0 bridgehead atoms. The molecule has 20 heavy (non-hydrogen) atoms. The quantitative estimate of drug-likeness (QED) is 0.794. The molecule has 2 N–H and O–H groups in total. The summed E-state index contributed by atoms with van der Waals surface area (Å²) in [5.41, 5.74) is 2.34. The molecule has 0 aliphatic heterocycles. The van der Waals surface area contributed by atoms with E-state index in [1.165, 1.54) is 5.56 Å². The second-order valence-corrected chi connectivity index (χ2v) is 5.69. The molecule has 1 heterocycles. The predicted octanol–water partition coefficient (Wildman–Crippen LogP) is 4.84. The summed E-state index contributed by atoms with van der Waals surface area (Å²) in [6, 6.07) is 12.7. The molecular formula is C16H20BrN3. The summed E-state index contributed by atoms with van der Waals surface area (Å²) in [6.45, 7) is 5.24. The van der Waals surface area contributed by atoms with Gasteiger partial charge in [-0.25, -0.2) is 4.98 Å². The highest BCUT2D eigenvalue weighted by molar-refractivity contribution is 9.10. The standard InChI is InChI=1S/C16H20BrN3/c1-3-9-18-16-11-15(8-10-19-16)20-12(2)13-4-6-14(17)7-5-13/h4-8,10-12H,3,9H2,1-2H3,(H2,18,19,20). The van der Waals surface area contributed by atoms with E-state index in [0.29, 0.717) is 0 Å². The maximum atomic E-state index is 4.31. The van der Waals surface area contributed by atoms with E-state index in [9.17, 15) is 0 Å². The molecule has 0 aliphatic rings. The highest BCUT2D eigenvalue weighted by Crippen LogP contribution is 2.22. The lowest BCUT2D eigenvalue weighted by atomic mass is 10.1. The fraction of sp³-hybridized carbons (Fsp3) is 0.312. The summed E-state index contributed by atoms with van der Waals surface area (Å²) in [6.07, 6.45) is 2.92. The molecule has 1 aromatic carbocycles. The summed E-state index contributed by atoms with van der Waals surface area (Å²) in [5.74, 6) is 0.917. The van der Waals surface area contributed by atoms with Gasteiger partial charge in [0.1, 0.15) is 5.82 Å². The third-order valence-corrected chi connectivity index (χ3v) is 3.60. The number of hydrogen-bond donors (Lipinski definition) is 2. The number of rotatable bonds is 6. The molecule has 0 aliphatic carbocycles. The van der Waals surface area contributed by atoms with Crippen molar-refractivity contribution in [2.24, 2.45) is 0 Å². The van der Waals surface area contributed by atoms with Crippen LogP contribution in [-0.2, 0) is 0 Å². The lowest BCUT2D eigenvalue weighted by Crippen LogP contribution is -2.08. The zero-order chi connectivity index (χ0) is 14.4. The van der Waals surface area contributed by atoms with E-state index >= 15 is 0 Å². The molecular weight excluding hydrogens is 314 g/mol. The largest absolute Gasteiger partial charge is 0.378 e. The fourth-order valence-corrected chi connectivity index (χ4v) is 2.22. The minimum Gasteiger partial charge on any atom is -0.378 e. The van der Waals surface area contributed by atoms with E-state index in [1.54, 1.807) is 0 Å². The monoisotopic (exact) mass is 333 g/mol. The van der Waals surface area contributed by atoms with Gasteiger partial charge in [0.05, 0.1) is 0 Å². The highest BCUT2D eigenvalue weighted by atomic mass is 79.9. The van der Waals surface area contributed by atoms with E-state index < -0.39 is 0 Å². The van der Waals surface area contributed by atoms with Crippen LogP contribution in [0.25, 0.3) is 0 Å². The lowest BCUT2D eigenvalue weighted by Gasteiger charge is -2.16. The Hall–Kier alpha value is -1.55. The Morgan fingerprint density at radius 2 is 1.95 bits per heavy atom. The first kappa shape index (κ1) is 14.9. The predicted molar refractivity (Wildman–Crippen MR) is 89.2 cm³/mol. The first-order chi connectivity index (χ1) is 9.69. The number of anilines is 2. The Labute approximate surface area is 129 Å². The first-order valence-electron chi connectivity index (χ1n) is 6.91. The van der Waals surface area contributed by atoms with E-state index in [2.05, 4.69) is 69.7 Å². The van der Waals surface area contributed by atoms with Gasteiger partial charge in [-0.05, 0) is 37.1 Å². The van der Waals surface area contributed by atoms with Crippen LogP contribution in [0.3, 0.4) is 0 Å². The molecule has 1 atom stereocenters. The Morgan fingerprint density at radius 3 is 2.65 bits per heavy atom.